The molecule has 0 atom stereocenters. The van der Waals surface area contributed by atoms with E-state index in [2.05, 4.69) is 0 Å². The lowest BCUT2D eigenvalue weighted by Crippen LogP contribution is -2.14. The lowest BCUT2D eigenvalue weighted by molar-refractivity contribution is -0.141. The summed E-state index contributed by atoms with van der Waals surface area (Å²) < 4.78 is 15.6. The number of ether oxygens (including phenoxy) is 3. The summed E-state index contributed by atoms with van der Waals surface area (Å²) in [6, 6.07) is 0. The Labute approximate surface area is 115 Å². The number of amidine groups is 1. The van der Waals surface area contributed by atoms with Crippen molar-refractivity contribution in [2.75, 3.05) is 37.5 Å². The molecule has 0 radical (unpaired) electrons. The van der Waals surface area contributed by atoms with Gasteiger partial charge in [-0.1, -0.05) is 22.6 Å². The van der Waals surface area contributed by atoms with Crippen molar-refractivity contribution in [3.05, 3.63) is 0 Å². The Morgan fingerprint density at radius 1 is 1.12 bits per heavy atom. The van der Waals surface area contributed by atoms with Gasteiger partial charge in [-0.2, -0.15) is 0 Å². The molecule has 7 heteroatoms. The number of carbonyl (C=O) groups excluding carboxylic acids is 1. The first-order chi connectivity index (χ1) is 8.16. The normalized spacial score (nSPS) is 10.2. The molecule has 0 spiro atoms. The SMILES string of the molecule is N=C(N)CCCOCCOCCOC(=O)CI. The van der Waals surface area contributed by atoms with Crippen molar-refractivity contribution in [1.82, 2.24) is 0 Å². The Morgan fingerprint density at radius 2 is 1.71 bits per heavy atom. The summed E-state index contributed by atoms with van der Waals surface area (Å²) in [5.74, 6) is -0.0448. The summed E-state index contributed by atoms with van der Waals surface area (Å²) in [6.07, 6.45) is 1.32. The predicted octanol–water partition coefficient (Wildman–Crippen LogP) is 0.714. The predicted molar refractivity (Wildman–Crippen MR) is 72.6 cm³/mol. The molecule has 0 fully saturated rings. The largest absolute Gasteiger partial charge is 0.463 e. The number of carbonyl (C=O) groups is 1. The zero-order chi connectivity index (χ0) is 12.9. The van der Waals surface area contributed by atoms with Crippen LogP contribution in [-0.4, -0.2) is 49.3 Å². The van der Waals surface area contributed by atoms with Crippen LogP contribution in [0.2, 0.25) is 0 Å². The summed E-state index contributed by atoms with van der Waals surface area (Å²) in [5, 5.41) is 6.99. The van der Waals surface area contributed by atoms with Gasteiger partial charge in [0, 0.05) is 13.0 Å². The molecular formula is C10H19IN2O4. The lowest BCUT2D eigenvalue weighted by Gasteiger charge is -2.06. The number of rotatable bonds is 11. The molecule has 0 aliphatic rings. The Morgan fingerprint density at radius 3 is 2.29 bits per heavy atom. The molecule has 0 rings (SSSR count). The van der Waals surface area contributed by atoms with Gasteiger partial charge in [-0.25, -0.2) is 0 Å². The van der Waals surface area contributed by atoms with E-state index in [4.69, 9.17) is 25.4 Å². The molecule has 0 aromatic carbocycles. The molecule has 0 aliphatic carbocycles. The van der Waals surface area contributed by atoms with Crippen LogP contribution < -0.4 is 5.73 Å². The van der Waals surface area contributed by atoms with Gasteiger partial charge in [0.1, 0.15) is 6.61 Å². The fourth-order valence-electron chi connectivity index (χ4n) is 0.940. The van der Waals surface area contributed by atoms with Crippen molar-refractivity contribution >= 4 is 34.4 Å². The summed E-state index contributed by atoms with van der Waals surface area (Å²) in [6.45, 7) is 2.22. The molecule has 0 saturated heterocycles. The average molecular weight is 358 g/mol. The number of nitrogens with two attached hydrogens (primary N) is 1. The molecule has 0 heterocycles. The Bertz CT molecular complexity index is 226. The molecule has 0 aromatic rings. The van der Waals surface area contributed by atoms with E-state index < -0.39 is 0 Å². The minimum Gasteiger partial charge on any atom is -0.463 e. The van der Waals surface area contributed by atoms with Crippen LogP contribution in [0.4, 0.5) is 0 Å². The van der Waals surface area contributed by atoms with Crippen LogP contribution in [0.3, 0.4) is 0 Å². The molecule has 0 bridgehead atoms. The van der Waals surface area contributed by atoms with Crippen LogP contribution in [0.25, 0.3) is 0 Å². The van der Waals surface area contributed by atoms with Gasteiger partial charge in [0.15, 0.2) is 0 Å². The van der Waals surface area contributed by atoms with E-state index in [1.807, 2.05) is 22.6 Å². The van der Waals surface area contributed by atoms with E-state index >= 15 is 0 Å². The first kappa shape index (κ1) is 16.6. The Balaban J connectivity index is 3.03. The van der Waals surface area contributed by atoms with Crippen molar-refractivity contribution in [2.45, 2.75) is 12.8 Å². The topological polar surface area (TPSA) is 94.6 Å². The maximum Gasteiger partial charge on any atom is 0.315 e. The van der Waals surface area contributed by atoms with Gasteiger partial charge in [0.2, 0.25) is 0 Å². The van der Waals surface area contributed by atoms with Crippen molar-refractivity contribution in [3.8, 4) is 0 Å². The van der Waals surface area contributed by atoms with Crippen molar-refractivity contribution in [3.63, 3.8) is 0 Å². The Kier molecular flexibility index (Phi) is 11.8. The van der Waals surface area contributed by atoms with Crippen LogP contribution >= 0.6 is 22.6 Å². The lowest BCUT2D eigenvalue weighted by atomic mass is 10.3. The van der Waals surface area contributed by atoms with Crippen LogP contribution in [0.5, 0.6) is 0 Å². The van der Waals surface area contributed by atoms with Crippen LogP contribution in [-0.2, 0) is 19.0 Å². The zero-order valence-corrected chi connectivity index (χ0v) is 11.9. The molecule has 0 saturated carbocycles. The standard InChI is InChI=1S/C10H19IN2O4/c11-8-10(14)17-7-6-16-5-4-15-3-1-2-9(12)13/h1-8H2,(H3,12,13). The summed E-state index contributed by atoms with van der Waals surface area (Å²) in [5.41, 5.74) is 5.19. The number of alkyl halides is 1. The minimum atomic E-state index is -0.227. The van der Waals surface area contributed by atoms with Crippen molar-refractivity contribution in [2.24, 2.45) is 5.73 Å². The van der Waals surface area contributed by atoms with E-state index in [9.17, 15) is 4.79 Å². The van der Waals surface area contributed by atoms with Gasteiger partial charge < -0.3 is 19.9 Å². The molecule has 0 aromatic heterocycles. The Hall–Kier alpha value is -0.410. The van der Waals surface area contributed by atoms with E-state index in [-0.39, 0.29) is 18.4 Å². The molecule has 100 valence electrons. The highest BCUT2D eigenvalue weighted by Gasteiger charge is 1.98. The molecule has 6 nitrogen and oxygen atoms in total. The molecular weight excluding hydrogens is 339 g/mol. The number of nitrogens with one attached hydrogen (secondary N) is 1. The molecule has 0 unspecified atom stereocenters. The van der Waals surface area contributed by atoms with E-state index in [1.165, 1.54) is 0 Å². The summed E-state index contributed by atoms with van der Waals surface area (Å²) >= 11 is 1.95. The van der Waals surface area contributed by atoms with Crippen molar-refractivity contribution in [1.29, 1.82) is 5.41 Å². The quantitative estimate of drug-likeness (QED) is 0.142. The van der Waals surface area contributed by atoms with Gasteiger partial charge >= 0.3 is 5.97 Å². The second-order valence-corrected chi connectivity index (χ2v) is 3.97. The first-order valence-corrected chi connectivity index (χ1v) is 6.89. The number of halogens is 1. The number of hydrogen-bond donors (Lipinski definition) is 2. The highest BCUT2D eigenvalue weighted by Crippen LogP contribution is 1.90. The molecule has 3 N–H and O–H groups in total. The first-order valence-electron chi connectivity index (χ1n) is 5.36. The van der Waals surface area contributed by atoms with Gasteiger partial charge in [0.25, 0.3) is 0 Å². The third-order valence-electron chi connectivity index (χ3n) is 1.71. The third kappa shape index (κ3) is 13.5. The van der Waals surface area contributed by atoms with Gasteiger partial charge in [0.05, 0.1) is 30.1 Å². The summed E-state index contributed by atoms with van der Waals surface area (Å²) in [4.78, 5) is 10.7. The second kappa shape index (κ2) is 12.1. The average Bonchev–Trinajstić information content (AvgIpc) is 2.30. The van der Waals surface area contributed by atoms with E-state index in [1.54, 1.807) is 0 Å². The number of esters is 1. The highest BCUT2D eigenvalue weighted by molar-refractivity contribution is 14.1. The van der Waals surface area contributed by atoms with Gasteiger partial charge in [-0.15, -0.1) is 0 Å². The third-order valence-corrected chi connectivity index (χ3v) is 2.33. The number of hydrogen-bond acceptors (Lipinski definition) is 5. The minimum absolute atomic E-state index is 0.182. The van der Waals surface area contributed by atoms with E-state index in [0.717, 1.165) is 6.42 Å². The summed E-state index contributed by atoms with van der Waals surface area (Å²) in [7, 11) is 0. The highest BCUT2D eigenvalue weighted by atomic mass is 127. The fourth-order valence-corrected chi connectivity index (χ4v) is 1.16. The molecule has 0 aliphatic heterocycles. The molecule has 0 amide bonds. The molecule has 17 heavy (non-hydrogen) atoms. The van der Waals surface area contributed by atoms with Crippen molar-refractivity contribution < 1.29 is 19.0 Å². The zero-order valence-electron chi connectivity index (χ0n) is 9.75. The van der Waals surface area contributed by atoms with Crippen LogP contribution in [0, 0.1) is 5.41 Å². The fraction of sp³-hybridized carbons (Fsp3) is 0.800. The van der Waals surface area contributed by atoms with Gasteiger partial charge in [-0.3, -0.25) is 10.2 Å². The van der Waals surface area contributed by atoms with Crippen LogP contribution in [0.1, 0.15) is 12.8 Å². The van der Waals surface area contributed by atoms with Gasteiger partial charge in [-0.05, 0) is 6.42 Å². The maximum atomic E-state index is 10.7. The maximum absolute atomic E-state index is 10.7. The van der Waals surface area contributed by atoms with Crippen LogP contribution in [0.15, 0.2) is 0 Å². The monoisotopic (exact) mass is 358 g/mol. The second-order valence-electron chi connectivity index (χ2n) is 3.21. The van der Waals surface area contributed by atoms with E-state index in [0.29, 0.717) is 37.3 Å². The smallest absolute Gasteiger partial charge is 0.315 e.